The molecular formula is C17H25N3O. The van der Waals surface area contributed by atoms with Crippen LogP contribution >= 0.6 is 0 Å². The Morgan fingerprint density at radius 3 is 2.81 bits per heavy atom. The zero-order valence-electron chi connectivity index (χ0n) is 13.1. The van der Waals surface area contributed by atoms with Crippen LogP contribution in [0, 0.1) is 5.92 Å². The van der Waals surface area contributed by atoms with Crippen molar-refractivity contribution in [3.63, 3.8) is 0 Å². The number of amides is 1. The van der Waals surface area contributed by atoms with Gasteiger partial charge < -0.3 is 15.1 Å². The Balaban J connectivity index is 1.61. The van der Waals surface area contributed by atoms with Crippen LogP contribution in [0.4, 0.5) is 5.69 Å². The summed E-state index contributed by atoms with van der Waals surface area (Å²) >= 11 is 0. The first-order chi connectivity index (χ1) is 10.1. The van der Waals surface area contributed by atoms with Crippen molar-refractivity contribution in [3.05, 3.63) is 29.3 Å². The zero-order valence-corrected chi connectivity index (χ0v) is 13.1. The minimum atomic E-state index is 0.190. The summed E-state index contributed by atoms with van der Waals surface area (Å²) in [6.07, 6.45) is 3.31. The molecule has 2 aliphatic heterocycles. The molecule has 1 aromatic rings. The molecule has 1 fully saturated rings. The van der Waals surface area contributed by atoms with Crippen LogP contribution in [0.5, 0.6) is 0 Å². The van der Waals surface area contributed by atoms with Crippen molar-refractivity contribution < 1.29 is 4.79 Å². The van der Waals surface area contributed by atoms with Gasteiger partial charge in [0.15, 0.2) is 0 Å². The summed E-state index contributed by atoms with van der Waals surface area (Å²) < 4.78 is 0. The maximum absolute atomic E-state index is 12.6. The minimum Gasteiger partial charge on any atom is -0.384 e. The number of carbonyl (C=O) groups excluding carboxylic acids is 1. The van der Waals surface area contributed by atoms with Crippen molar-refractivity contribution in [1.82, 2.24) is 9.80 Å². The van der Waals surface area contributed by atoms with E-state index in [2.05, 4.69) is 30.4 Å². The first-order valence-electron chi connectivity index (χ1n) is 7.94. The molecule has 1 amide bonds. The number of nitrogens with zero attached hydrogens (tertiary/aromatic N) is 2. The first-order valence-corrected chi connectivity index (χ1v) is 7.94. The lowest BCUT2D eigenvalue weighted by molar-refractivity contribution is 0.0678. The number of anilines is 1. The maximum atomic E-state index is 12.6. The first kappa shape index (κ1) is 14.4. The van der Waals surface area contributed by atoms with Crippen molar-refractivity contribution in [2.45, 2.75) is 19.3 Å². The summed E-state index contributed by atoms with van der Waals surface area (Å²) in [6.45, 7) is 3.90. The summed E-state index contributed by atoms with van der Waals surface area (Å²) in [6, 6.07) is 6.11. The number of fused-ring (bicyclic) bond motifs is 1. The maximum Gasteiger partial charge on any atom is 0.253 e. The Labute approximate surface area is 127 Å². The van der Waals surface area contributed by atoms with E-state index in [-0.39, 0.29) is 5.91 Å². The number of likely N-dealkylation sites (tertiary alicyclic amines) is 1. The molecule has 0 aliphatic carbocycles. The fourth-order valence-electron chi connectivity index (χ4n) is 3.44. The Bertz CT molecular complexity index is 519. The van der Waals surface area contributed by atoms with Crippen LogP contribution in [-0.4, -0.2) is 56.0 Å². The van der Waals surface area contributed by atoms with Gasteiger partial charge in [-0.1, -0.05) is 6.07 Å². The van der Waals surface area contributed by atoms with Crippen molar-refractivity contribution in [2.75, 3.05) is 45.6 Å². The van der Waals surface area contributed by atoms with Gasteiger partial charge in [-0.15, -0.1) is 0 Å². The van der Waals surface area contributed by atoms with Gasteiger partial charge in [0.05, 0.1) is 0 Å². The molecule has 4 nitrogen and oxygen atoms in total. The summed E-state index contributed by atoms with van der Waals surface area (Å²) in [5, 5.41) is 3.35. The summed E-state index contributed by atoms with van der Waals surface area (Å²) in [5.74, 6) is 0.917. The molecule has 4 heteroatoms. The number of piperidine rings is 1. The number of hydrogen-bond acceptors (Lipinski definition) is 3. The van der Waals surface area contributed by atoms with Gasteiger partial charge in [-0.05, 0) is 57.0 Å². The van der Waals surface area contributed by atoms with E-state index in [9.17, 15) is 4.79 Å². The Kier molecular flexibility index (Phi) is 4.15. The van der Waals surface area contributed by atoms with E-state index in [1.165, 1.54) is 5.56 Å². The van der Waals surface area contributed by atoms with E-state index < -0.39 is 0 Å². The van der Waals surface area contributed by atoms with Crippen LogP contribution in [0.25, 0.3) is 0 Å². The molecule has 1 saturated heterocycles. The molecule has 0 saturated carbocycles. The molecule has 0 atom stereocenters. The largest absolute Gasteiger partial charge is 0.384 e. The molecule has 0 radical (unpaired) electrons. The minimum absolute atomic E-state index is 0.190. The highest BCUT2D eigenvalue weighted by Gasteiger charge is 2.24. The third kappa shape index (κ3) is 3.21. The van der Waals surface area contributed by atoms with E-state index >= 15 is 0 Å². The average molecular weight is 287 g/mol. The molecule has 1 N–H and O–H groups in total. The van der Waals surface area contributed by atoms with Gasteiger partial charge in [0, 0.05) is 37.4 Å². The standard InChI is InChI=1S/C17H25N3O/c1-19(2)12-13-6-9-20(10-7-13)17(21)15-4-3-14-5-8-18-16(14)11-15/h3-4,11,13,18H,5-10,12H2,1-2H3. The second-order valence-electron chi connectivity index (χ2n) is 6.55. The van der Waals surface area contributed by atoms with Crippen LogP contribution < -0.4 is 5.32 Å². The van der Waals surface area contributed by atoms with Crippen molar-refractivity contribution >= 4 is 11.6 Å². The fourth-order valence-corrected chi connectivity index (χ4v) is 3.44. The highest BCUT2D eigenvalue weighted by Crippen LogP contribution is 2.25. The second kappa shape index (κ2) is 6.06. The fraction of sp³-hybridized carbons (Fsp3) is 0.588. The van der Waals surface area contributed by atoms with Crippen molar-refractivity contribution in [2.24, 2.45) is 5.92 Å². The summed E-state index contributed by atoms with van der Waals surface area (Å²) in [7, 11) is 4.24. The number of benzene rings is 1. The predicted molar refractivity (Wildman–Crippen MR) is 85.8 cm³/mol. The van der Waals surface area contributed by atoms with Gasteiger partial charge in [0.25, 0.3) is 5.91 Å². The van der Waals surface area contributed by atoms with Gasteiger partial charge in [0.2, 0.25) is 0 Å². The van der Waals surface area contributed by atoms with Crippen LogP contribution in [0.3, 0.4) is 0 Å². The molecule has 0 unspecified atom stereocenters. The molecule has 1 aromatic carbocycles. The van der Waals surface area contributed by atoms with Crippen LogP contribution in [0.2, 0.25) is 0 Å². The number of rotatable bonds is 3. The third-order valence-electron chi connectivity index (χ3n) is 4.59. The monoisotopic (exact) mass is 287 g/mol. The number of carbonyl (C=O) groups is 1. The lowest BCUT2D eigenvalue weighted by Crippen LogP contribution is -2.40. The number of nitrogens with one attached hydrogen (secondary N) is 1. The topological polar surface area (TPSA) is 35.6 Å². The SMILES string of the molecule is CN(C)CC1CCN(C(=O)c2ccc3c(c2)NCC3)CC1. The Morgan fingerprint density at radius 1 is 1.33 bits per heavy atom. The molecule has 0 bridgehead atoms. The molecule has 0 spiro atoms. The van der Waals surface area contributed by atoms with E-state index in [0.717, 1.165) is 62.6 Å². The van der Waals surface area contributed by atoms with Gasteiger partial charge >= 0.3 is 0 Å². The molecule has 114 valence electrons. The van der Waals surface area contributed by atoms with Crippen LogP contribution in [0.15, 0.2) is 18.2 Å². The average Bonchev–Trinajstić information content (AvgIpc) is 2.94. The molecular weight excluding hydrogens is 262 g/mol. The third-order valence-corrected chi connectivity index (χ3v) is 4.59. The quantitative estimate of drug-likeness (QED) is 0.924. The van der Waals surface area contributed by atoms with E-state index in [4.69, 9.17) is 0 Å². The Morgan fingerprint density at radius 2 is 2.10 bits per heavy atom. The number of hydrogen-bond donors (Lipinski definition) is 1. The lowest BCUT2D eigenvalue weighted by atomic mass is 9.96. The molecule has 3 rings (SSSR count). The molecule has 2 heterocycles. The van der Waals surface area contributed by atoms with Gasteiger partial charge in [-0.3, -0.25) is 4.79 Å². The molecule has 21 heavy (non-hydrogen) atoms. The van der Waals surface area contributed by atoms with Crippen molar-refractivity contribution in [3.8, 4) is 0 Å². The van der Waals surface area contributed by atoms with E-state index in [1.807, 2.05) is 17.0 Å². The van der Waals surface area contributed by atoms with E-state index in [0.29, 0.717) is 0 Å². The predicted octanol–water partition coefficient (Wildman–Crippen LogP) is 2.07. The highest BCUT2D eigenvalue weighted by atomic mass is 16.2. The van der Waals surface area contributed by atoms with Gasteiger partial charge in [-0.25, -0.2) is 0 Å². The van der Waals surface area contributed by atoms with Crippen LogP contribution in [0.1, 0.15) is 28.8 Å². The summed E-state index contributed by atoms with van der Waals surface area (Å²) in [4.78, 5) is 16.9. The van der Waals surface area contributed by atoms with E-state index in [1.54, 1.807) is 0 Å². The van der Waals surface area contributed by atoms with Crippen LogP contribution in [-0.2, 0) is 6.42 Å². The second-order valence-corrected chi connectivity index (χ2v) is 6.55. The highest BCUT2D eigenvalue weighted by molar-refractivity contribution is 5.95. The van der Waals surface area contributed by atoms with Crippen molar-refractivity contribution in [1.29, 1.82) is 0 Å². The zero-order chi connectivity index (χ0) is 14.8. The molecule has 2 aliphatic rings. The normalized spacial score (nSPS) is 18.7. The van der Waals surface area contributed by atoms with Gasteiger partial charge in [0.1, 0.15) is 0 Å². The van der Waals surface area contributed by atoms with Gasteiger partial charge in [-0.2, -0.15) is 0 Å². The molecule has 0 aromatic heterocycles. The summed E-state index contributed by atoms with van der Waals surface area (Å²) in [5.41, 5.74) is 3.30. The smallest absolute Gasteiger partial charge is 0.253 e. The Hall–Kier alpha value is -1.55. The lowest BCUT2D eigenvalue weighted by Gasteiger charge is -2.33.